The van der Waals surface area contributed by atoms with E-state index < -0.39 is 17.6 Å². The monoisotopic (exact) mass is 434 g/mol. The maximum absolute atomic E-state index is 12.9. The molecule has 0 atom stereocenters. The van der Waals surface area contributed by atoms with E-state index in [-0.39, 0.29) is 30.0 Å². The summed E-state index contributed by atoms with van der Waals surface area (Å²) in [5.41, 5.74) is 2.50. The molecule has 3 aromatic rings. The number of fused-ring (bicyclic) bond motifs is 1. The summed E-state index contributed by atoms with van der Waals surface area (Å²) in [6.07, 6.45) is 0. The van der Waals surface area contributed by atoms with Crippen molar-refractivity contribution >= 4 is 40.3 Å². The van der Waals surface area contributed by atoms with Crippen LogP contribution in [0.15, 0.2) is 47.6 Å². The van der Waals surface area contributed by atoms with Crippen LogP contribution < -0.4 is 15.4 Å². The summed E-state index contributed by atoms with van der Waals surface area (Å²) in [5, 5.41) is 5.22. The fraction of sp³-hybridized carbons (Fsp3) is 0.250. The molecule has 0 aliphatic rings. The van der Waals surface area contributed by atoms with Crippen LogP contribution in [0.25, 0.3) is 11.0 Å². The number of carbonyl (C=O) groups is 2. The minimum absolute atomic E-state index is 0.0373. The van der Waals surface area contributed by atoms with Crippen molar-refractivity contribution in [3.05, 3.63) is 48.0 Å². The largest absolute Gasteiger partial charge is 0.495 e. The molecule has 0 radical (unpaired) electrons. The molecule has 0 bridgehead atoms. The van der Waals surface area contributed by atoms with Gasteiger partial charge in [0.1, 0.15) is 12.3 Å². The summed E-state index contributed by atoms with van der Waals surface area (Å²) in [6, 6.07) is 12.2. The number of carbonyl (C=O) groups excluding carboxylic acids is 2. The molecule has 2 N–H and O–H groups in total. The standard InChI is InChI=1S/C20H20F2N4O3S/c1-12-7-8-16(29-2)14(9-12)24-17(27)10-23-18(28)11-26-15-6-4-3-5-13(15)25-20(26)30-19(21)22/h3-9,19H,10-11H2,1-2H3,(H,23,28)(H,24,27). The zero-order chi connectivity index (χ0) is 21.7. The van der Waals surface area contributed by atoms with Gasteiger partial charge < -0.3 is 19.9 Å². The van der Waals surface area contributed by atoms with Gasteiger partial charge >= 0.3 is 0 Å². The van der Waals surface area contributed by atoms with Crippen LogP contribution in [0.3, 0.4) is 0 Å². The highest BCUT2D eigenvalue weighted by molar-refractivity contribution is 7.99. The predicted molar refractivity (Wildman–Crippen MR) is 111 cm³/mol. The van der Waals surface area contributed by atoms with Crippen molar-refractivity contribution in [2.24, 2.45) is 0 Å². The highest BCUT2D eigenvalue weighted by Crippen LogP contribution is 2.28. The zero-order valence-electron chi connectivity index (χ0n) is 16.3. The average Bonchev–Trinajstić information content (AvgIpc) is 3.03. The van der Waals surface area contributed by atoms with Crippen LogP contribution in [0.2, 0.25) is 0 Å². The molecule has 30 heavy (non-hydrogen) atoms. The number of rotatable bonds is 8. The molecule has 1 aromatic heterocycles. The Hall–Kier alpha value is -3.14. The number of hydrogen-bond donors (Lipinski definition) is 2. The molecule has 158 valence electrons. The fourth-order valence-electron chi connectivity index (χ4n) is 2.87. The number of alkyl halides is 2. The van der Waals surface area contributed by atoms with Gasteiger partial charge in [-0.2, -0.15) is 8.78 Å². The third-order valence-corrected chi connectivity index (χ3v) is 4.89. The second kappa shape index (κ2) is 9.57. The van der Waals surface area contributed by atoms with Crippen molar-refractivity contribution in [2.75, 3.05) is 19.0 Å². The van der Waals surface area contributed by atoms with Crippen LogP contribution in [-0.2, 0) is 16.1 Å². The van der Waals surface area contributed by atoms with Crippen molar-refractivity contribution in [1.82, 2.24) is 14.9 Å². The molecule has 3 rings (SSSR count). The topological polar surface area (TPSA) is 85.3 Å². The van der Waals surface area contributed by atoms with Crippen LogP contribution in [0, 0.1) is 6.92 Å². The van der Waals surface area contributed by atoms with Gasteiger partial charge in [0.15, 0.2) is 5.16 Å². The number of aromatic nitrogens is 2. The summed E-state index contributed by atoms with van der Waals surface area (Å²) in [4.78, 5) is 28.7. The molecule has 0 aliphatic heterocycles. The van der Waals surface area contributed by atoms with Gasteiger partial charge in [-0.1, -0.05) is 18.2 Å². The van der Waals surface area contributed by atoms with Crippen molar-refractivity contribution in [2.45, 2.75) is 24.4 Å². The Morgan fingerprint density at radius 3 is 2.70 bits per heavy atom. The first-order valence-corrected chi connectivity index (χ1v) is 9.86. The molecule has 1 heterocycles. The number of para-hydroxylation sites is 2. The summed E-state index contributed by atoms with van der Waals surface area (Å²) in [5.74, 6) is -3.11. The Balaban J connectivity index is 1.65. The quantitative estimate of drug-likeness (QED) is 0.531. The molecule has 0 saturated heterocycles. The van der Waals surface area contributed by atoms with E-state index in [2.05, 4.69) is 15.6 Å². The van der Waals surface area contributed by atoms with Crippen molar-refractivity contribution < 1.29 is 23.1 Å². The molecule has 0 saturated carbocycles. The van der Waals surface area contributed by atoms with Gasteiger partial charge in [-0.15, -0.1) is 0 Å². The van der Waals surface area contributed by atoms with Gasteiger partial charge in [0.2, 0.25) is 11.8 Å². The maximum Gasteiger partial charge on any atom is 0.291 e. The van der Waals surface area contributed by atoms with E-state index in [1.54, 1.807) is 36.4 Å². The molecule has 0 spiro atoms. The Morgan fingerprint density at radius 2 is 1.97 bits per heavy atom. The van der Waals surface area contributed by atoms with E-state index in [0.29, 0.717) is 22.5 Å². The van der Waals surface area contributed by atoms with E-state index in [1.165, 1.54) is 11.7 Å². The van der Waals surface area contributed by atoms with E-state index in [4.69, 9.17) is 4.74 Å². The van der Waals surface area contributed by atoms with Gasteiger partial charge in [-0.05, 0) is 48.5 Å². The number of hydrogen-bond acceptors (Lipinski definition) is 5. The first kappa shape index (κ1) is 21.6. The number of thioether (sulfide) groups is 1. The lowest BCUT2D eigenvalue weighted by Gasteiger charge is -2.12. The summed E-state index contributed by atoms with van der Waals surface area (Å²) in [7, 11) is 1.49. The molecule has 7 nitrogen and oxygen atoms in total. The summed E-state index contributed by atoms with van der Waals surface area (Å²) < 4.78 is 32.3. The number of anilines is 1. The maximum atomic E-state index is 12.9. The second-order valence-electron chi connectivity index (χ2n) is 6.38. The summed E-state index contributed by atoms with van der Waals surface area (Å²) >= 11 is 0.270. The number of benzene rings is 2. The normalized spacial score (nSPS) is 11.0. The van der Waals surface area contributed by atoms with Crippen LogP contribution in [-0.4, -0.2) is 40.8 Å². The number of nitrogens with zero attached hydrogens (tertiary/aromatic N) is 2. The number of nitrogens with one attached hydrogen (secondary N) is 2. The minimum Gasteiger partial charge on any atom is -0.495 e. The lowest BCUT2D eigenvalue weighted by molar-refractivity contribution is -0.124. The predicted octanol–water partition coefficient (Wildman–Crippen LogP) is 3.42. The van der Waals surface area contributed by atoms with Gasteiger partial charge in [0.25, 0.3) is 5.76 Å². The molecule has 2 amide bonds. The van der Waals surface area contributed by atoms with Crippen LogP contribution in [0.4, 0.5) is 14.5 Å². The highest BCUT2D eigenvalue weighted by Gasteiger charge is 2.18. The van der Waals surface area contributed by atoms with E-state index in [0.717, 1.165) is 5.56 Å². The molecule has 0 fully saturated rings. The van der Waals surface area contributed by atoms with Gasteiger partial charge in [-0.3, -0.25) is 9.59 Å². The van der Waals surface area contributed by atoms with E-state index in [1.807, 2.05) is 13.0 Å². The molecule has 10 heteroatoms. The Kier molecular flexibility index (Phi) is 6.88. The van der Waals surface area contributed by atoms with Crippen LogP contribution in [0.5, 0.6) is 5.75 Å². The third kappa shape index (κ3) is 5.26. The van der Waals surface area contributed by atoms with Crippen molar-refractivity contribution in [1.29, 1.82) is 0 Å². The van der Waals surface area contributed by atoms with Crippen molar-refractivity contribution in [3.8, 4) is 5.75 Å². The summed E-state index contributed by atoms with van der Waals surface area (Å²) in [6.45, 7) is 1.36. The molecule has 0 aliphatic carbocycles. The van der Waals surface area contributed by atoms with Crippen LogP contribution >= 0.6 is 11.8 Å². The van der Waals surface area contributed by atoms with Crippen LogP contribution in [0.1, 0.15) is 5.56 Å². The highest BCUT2D eigenvalue weighted by atomic mass is 32.2. The molecule has 2 aromatic carbocycles. The smallest absolute Gasteiger partial charge is 0.291 e. The second-order valence-corrected chi connectivity index (χ2v) is 7.33. The fourth-order valence-corrected chi connectivity index (χ4v) is 3.47. The number of methoxy groups -OCH3 is 1. The SMILES string of the molecule is COc1ccc(C)cc1NC(=O)CNC(=O)Cn1c(SC(F)F)nc2ccccc21. The number of imidazole rings is 1. The van der Waals surface area contributed by atoms with E-state index >= 15 is 0 Å². The minimum atomic E-state index is -2.67. The number of aryl methyl sites for hydroxylation is 1. The lowest BCUT2D eigenvalue weighted by Crippen LogP contribution is -2.35. The average molecular weight is 434 g/mol. The Labute approximate surface area is 175 Å². The molecule has 0 unspecified atom stereocenters. The van der Waals surface area contributed by atoms with Gasteiger partial charge in [-0.25, -0.2) is 4.98 Å². The lowest BCUT2D eigenvalue weighted by atomic mass is 10.2. The zero-order valence-corrected chi connectivity index (χ0v) is 17.1. The Morgan fingerprint density at radius 1 is 1.20 bits per heavy atom. The third-order valence-electron chi connectivity index (χ3n) is 4.19. The Bertz CT molecular complexity index is 1070. The number of amides is 2. The van der Waals surface area contributed by atoms with Gasteiger partial charge in [0, 0.05) is 0 Å². The van der Waals surface area contributed by atoms with Gasteiger partial charge in [0.05, 0.1) is 30.4 Å². The van der Waals surface area contributed by atoms with E-state index in [9.17, 15) is 18.4 Å². The molecular formula is C20H20F2N4O3S. The first-order valence-electron chi connectivity index (χ1n) is 8.98. The molecular weight excluding hydrogens is 414 g/mol. The number of ether oxygens (including phenoxy) is 1. The number of halogens is 2. The van der Waals surface area contributed by atoms with Crippen molar-refractivity contribution in [3.63, 3.8) is 0 Å². The first-order chi connectivity index (χ1) is 14.4.